The molecule has 1 heterocycles. The van der Waals surface area contributed by atoms with Crippen molar-refractivity contribution in [3.8, 4) is 0 Å². The van der Waals surface area contributed by atoms with Gasteiger partial charge in [-0.2, -0.15) is 0 Å². The Balaban J connectivity index is 2.31. The number of rotatable bonds is 4. The first kappa shape index (κ1) is 10.5. The van der Waals surface area contributed by atoms with Crippen LogP contribution in [-0.2, 0) is 14.3 Å². The van der Waals surface area contributed by atoms with Gasteiger partial charge in [0.15, 0.2) is 6.10 Å². The van der Waals surface area contributed by atoms with Crippen molar-refractivity contribution in [2.75, 3.05) is 13.2 Å². The minimum Gasteiger partial charge on any atom is -0.479 e. The van der Waals surface area contributed by atoms with Gasteiger partial charge in [-0.05, 0) is 19.3 Å². The summed E-state index contributed by atoms with van der Waals surface area (Å²) in [6.07, 6.45) is 1.55. The zero-order chi connectivity index (χ0) is 9.68. The Morgan fingerprint density at radius 3 is 2.69 bits per heavy atom. The Hall–Kier alpha value is -0.610. The van der Waals surface area contributed by atoms with Crippen LogP contribution < -0.4 is 0 Å². The molecule has 0 spiro atoms. The summed E-state index contributed by atoms with van der Waals surface area (Å²) in [5.41, 5.74) is 0. The van der Waals surface area contributed by atoms with Crippen LogP contribution in [0.5, 0.6) is 0 Å². The first-order valence-electron chi connectivity index (χ1n) is 4.70. The number of carboxylic acid groups (broad SMARTS) is 1. The van der Waals surface area contributed by atoms with Gasteiger partial charge in [0, 0.05) is 13.2 Å². The molecule has 1 saturated heterocycles. The van der Waals surface area contributed by atoms with Gasteiger partial charge >= 0.3 is 5.97 Å². The van der Waals surface area contributed by atoms with E-state index in [-0.39, 0.29) is 6.10 Å². The van der Waals surface area contributed by atoms with Crippen LogP contribution in [0.15, 0.2) is 0 Å². The van der Waals surface area contributed by atoms with Crippen molar-refractivity contribution in [3.63, 3.8) is 0 Å². The molecule has 4 heteroatoms. The molecule has 76 valence electrons. The average molecular weight is 188 g/mol. The van der Waals surface area contributed by atoms with E-state index in [1.807, 2.05) is 6.92 Å². The Morgan fingerprint density at radius 2 is 2.23 bits per heavy atom. The van der Waals surface area contributed by atoms with Crippen LogP contribution in [0.2, 0.25) is 0 Å². The number of aliphatic carboxylic acids is 1. The van der Waals surface area contributed by atoms with Crippen molar-refractivity contribution >= 4 is 5.97 Å². The minimum absolute atomic E-state index is 0.0646. The SMILES string of the molecule is CCC(OC1CCOCC1)C(=O)O. The first-order chi connectivity index (χ1) is 6.24. The molecule has 0 bridgehead atoms. The highest BCUT2D eigenvalue weighted by atomic mass is 16.5. The molecule has 1 rings (SSSR count). The van der Waals surface area contributed by atoms with E-state index in [2.05, 4.69) is 0 Å². The number of ether oxygens (including phenoxy) is 2. The molecule has 13 heavy (non-hydrogen) atoms. The van der Waals surface area contributed by atoms with Crippen molar-refractivity contribution in [2.24, 2.45) is 0 Å². The fraction of sp³-hybridized carbons (Fsp3) is 0.889. The van der Waals surface area contributed by atoms with E-state index in [4.69, 9.17) is 14.6 Å². The van der Waals surface area contributed by atoms with Crippen LogP contribution >= 0.6 is 0 Å². The van der Waals surface area contributed by atoms with E-state index in [1.54, 1.807) is 0 Å². The summed E-state index contributed by atoms with van der Waals surface area (Å²) < 4.78 is 10.6. The van der Waals surface area contributed by atoms with Crippen molar-refractivity contribution in [1.29, 1.82) is 0 Å². The predicted octanol–water partition coefficient (Wildman–Crippen LogP) is 1.05. The molecular formula is C9H16O4. The molecule has 1 fully saturated rings. The van der Waals surface area contributed by atoms with E-state index >= 15 is 0 Å². The summed E-state index contributed by atoms with van der Waals surface area (Å²) in [5.74, 6) is -0.867. The van der Waals surface area contributed by atoms with Gasteiger partial charge in [-0.1, -0.05) is 6.92 Å². The topological polar surface area (TPSA) is 55.8 Å². The molecule has 0 amide bonds. The van der Waals surface area contributed by atoms with Crippen LogP contribution in [0.1, 0.15) is 26.2 Å². The molecule has 4 nitrogen and oxygen atoms in total. The second-order valence-corrected chi connectivity index (χ2v) is 3.18. The molecular weight excluding hydrogens is 172 g/mol. The largest absolute Gasteiger partial charge is 0.479 e. The van der Waals surface area contributed by atoms with Crippen LogP contribution in [0, 0.1) is 0 Å². The summed E-state index contributed by atoms with van der Waals surface area (Å²) in [7, 11) is 0. The van der Waals surface area contributed by atoms with E-state index in [1.165, 1.54) is 0 Å². The molecule has 1 unspecified atom stereocenters. The number of carboxylic acids is 1. The minimum atomic E-state index is -0.867. The maximum Gasteiger partial charge on any atom is 0.332 e. The summed E-state index contributed by atoms with van der Waals surface area (Å²) in [5, 5.41) is 8.75. The lowest BCUT2D eigenvalue weighted by molar-refractivity contribution is -0.158. The van der Waals surface area contributed by atoms with Crippen molar-refractivity contribution in [2.45, 2.75) is 38.4 Å². The monoisotopic (exact) mass is 188 g/mol. The molecule has 0 radical (unpaired) electrons. The Morgan fingerprint density at radius 1 is 1.62 bits per heavy atom. The van der Waals surface area contributed by atoms with Crippen LogP contribution in [0.4, 0.5) is 0 Å². The van der Waals surface area contributed by atoms with Gasteiger partial charge in [-0.25, -0.2) is 4.79 Å². The van der Waals surface area contributed by atoms with E-state index in [0.29, 0.717) is 19.6 Å². The lowest BCUT2D eigenvalue weighted by Gasteiger charge is -2.25. The highest BCUT2D eigenvalue weighted by Crippen LogP contribution is 2.14. The summed E-state index contributed by atoms with van der Waals surface area (Å²) in [6, 6.07) is 0. The van der Waals surface area contributed by atoms with Gasteiger partial charge in [0.25, 0.3) is 0 Å². The third-order valence-electron chi connectivity index (χ3n) is 2.17. The smallest absolute Gasteiger partial charge is 0.332 e. The summed E-state index contributed by atoms with van der Waals surface area (Å²) in [6.45, 7) is 3.18. The molecule has 1 N–H and O–H groups in total. The summed E-state index contributed by atoms with van der Waals surface area (Å²) in [4.78, 5) is 10.6. The van der Waals surface area contributed by atoms with E-state index in [9.17, 15) is 4.79 Å². The second kappa shape index (κ2) is 5.19. The lowest BCUT2D eigenvalue weighted by atomic mass is 10.1. The molecule has 1 atom stereocenters. The van der Waals surface area contributed by atoms with Crippen molar-refractivity contribution in [3.05, 3.63) is 0 Å². The maximum absolute atomic E-state index is 10.6. The number of hydrogen-bond donors (Lipinski definition) is 1. The fourth-order valence-electron chi connectivity index (χ4n) is 1.37. The average Bonchev–Trinajstić information content (AvgIpc) is 2.15. The number of hydrogen-bond acceptors (Lipinski definition) is 3. The first-order valence-corrected chi connectivity index (χ1v) is 4.70. The van der Waals surface area contributed by atoms with Crippen molar-refractivity contribution < 1.29 is 19.4 Å². The standard InChI is InChI=1S/C9H16O4/c1-2-8(9(10)11)13-7-3-5-12-6-4-7/h7-8H,2-6H2,1H3,(H,10,11). The zero-order valence-corrected chi connectivity index (χ0v) is 7.86. The van der Waals surface area contributed by atoms with Crippen LogP contribution in [0.3, 0.4) is 0 Å². The molecule has 0 aromatic carbocycles. The molecule has 0 aromatic rings. The Bertz CT molecular complexity index is 163. The van der Waals surface area contributed by atoms with Crippen molar-refractivity contribution in [1.82, 2.24) is 0 Å². The molecule has 0 aliphatic carbocycles. The molecule has 0 aromatic heterocycles. The zero-order valence-electron chi connectivity index (χ0n) is 7.86. The molecule has 1 aliphatic rings. The van der Waals surface area contributed by atoms with Gasteiger partial charge in [0.2, 0.25) is 0 Å². The second-order valence-electron chi connectivity index (χ2n) is 3.18. The highest BCUT2D eigenvalue weighted by Gasteiger charge is 2.22. The molecule has 0 saturated carbocycles. The number of carbonyl (C=O) groups is 1. The maximum atomic E-state index is 10.6. The van der Waals surface area contributed by atoms with Crippen LogP contribution in [-0.4, -0.2) is 36.5 Å². The van der Waals surface area contributed by atoms with Gasteiger partial charge in [0.1, 0.15) is 0 Å². The van der Waals surface area contributed by atoms with Crippen LogP contribution in [0.25, 0.3) is 0 Å². The third kappa shape index (κ3) is 3.32. The van der Waals surface area contributed by atoms with Gasteiger partial charge < -0.3 is 14.6 Å². The highest BCUT2D eigenvalue weighted by molar-refractivity contribution is 5.72. The Labute approximate surface area is 77.8 Å². The predicted molar refractivity (Wildman–Crippen MR) is 46.6 cm³/mol. The van der Waals surface area contributed by atoms with E-state index < -0.39 is 12.1 Å². The normalized spacial score (nSPS) is 21.3. The van der Waals surface area contributed by atoms with Gasteiger partial charge in [-0.3, -0.25) is 0 Å². The Kier molecular flexibility index (Phi) is 4.18. The summed E-state index contributed by atoms with van der Waals surface area (Å²) >= 11 is 0. The fourth-order valence-corrected chi connectivity index (χ4v) is 1.37. The van der Waals surface area contributed by atoms with Gasteiger partial charge in [0.05, 0.1) is 6.10 Å². The molecule has 1 aliphatic heterocycles. The quantitative estimate of drug-likeness (QED) is 0.716. The van der Waals surface area contributed by atoms with Gasteiger partial charge in [-0.15, -0.1) is 0 Å². The lowest BCUT2D eigenvalue weighted by Crippen LogP contribution is -2.32. The third-order valence-corrected chi connectivity index (χ3v) is 2.17. The van der Waals surface area contributed by atoms with E-state index in [0.717, 1.165) is 12.8 Å².